The number of benzene rings is 3. The summed E-state index contributed by atoms with van der Waals surface area (Å²) in [4.78, 5) is 28.4. The smallest absolute Gasteiger partial charge is 0.323 e. The van der Waals surface area contributed by atoms with Crippen LogP contribution in [-0.4, -0.2) is 38.3 Å². The van der Waals surface area contributed by atoms with Crippen LogP contribution in [0.2, 0.25) is 0 Å². The van der Waals surface area contributed by atoms with Crippen LogP contribution in [0.25, 0.3) is 0 Å². The topological polar surface area (TPSA) is 89.0 Å². The summed E-state index contributed by atoms with van der Waals surface area (Å²) in [6, 6.07) is 18.1. The van der Waals surface area contributed by atoms with E-state index in [1.54, 1.807) is 38.5 Å². The number of ketones is 1. The van der Waals surface area contributed by atoms with Crippen molar-refractivity contribution in [3.63, 3.8) is 0 Å². The van der Waals surface area contributed by atoms with Gasteiger partial charge in [0.15, 0.2) is 17.3 Å². The zero-order chi connectivity index (χ0) is 24.1. The minimum atomic E-state index is -0.352. The Balaban J connectivity index is 1.40. The van der Waals surface area contributed by atoms with E-state index in [1.807, 2.05) is 36.4 Å². The first-order chi connectivity index (χ1) is 16.5. The molecule has 0 saturated heterocycles. The number of nitrogens with one attached hydrogen (secondary N) is 2. The van der Waals surface area contributed by atoms with E-state index in [2.05, 4.69) is 10.6 Å². The van der Waals surface area contributed by atoms with Crippen molar-refractivity contribution < 1.29 is 19.1 Å². The summed E-state index contributed by atoms with van der Waals surface area (Å²) in [5.74, 6) is 1.40. The van der Waals surface area contributed by atoms with Gasteiger partial charge in [-0.1, -0.05) is 12.1 Å². The Kier molecular flexibility index (Phi) is 6.92. The number of carbonyl (C=O) groups is 2. The molecule has 0 unspecified atom stereocenters. The molecule has 4 rings (SSSR count). The number of hydrogen-bond donors (Lipinski definition) is 2. The van der Waals surface area contributed by atoms with Crippen LogP contribution < -0.4 is 20.1 Å². The van der Waals surface area contributed by atoms with Crippen LogP contribution >= 0.6 is 0 Å². The summed E-state index contributed by atoms with van der Waals surface area (Å²) in [5.41, 5.74) is 6.28. The molecule has 0 fully saturated rings. The lowest BCUT2D eigenvalue weighted by molar-refractivity contribution is 0.101. The first-order valence-corrected chi connectivity index (χ1v) is 11.0. The number of amides is 2. The molecule has 2 N–H and O–H groups in total. The van der Waals surface area contributed by atoms with Gasteiger partial charge in [0.1, 0.15) is 0 Å². The average molecular weight is 458 g/mol. The van der Waals surface area contributed by atoms with Gasteiger partial charge in [0.05, 0.1) is 14.2 Å². The number of anilines is 2. The number of Topliss-reactive ketones (excluding diaryl/α,β-unsaturated/α-hetero) is 1. The van der Waals surface area contributed by atoms with Crippen LogP contribution in [0.15, 0.2) is 65.7 Å². The van der Waals surface area contributed by atoms with Gasteiger partial charge < -0.3 is 20.1 Å². The number of methoxy groups -OCH3 is 2. The number of carbonyl (C=O) groups excluding carboxylic acids is 2. The SMILES string of the molecule is COc1cc2c(cc1OC)C(Cc1ccc(NC(=O)Nc3ccc(C(C)=O)cc3)cc1)=NCC2. The third-order valence-corrected chi connectivity index (χ3v) is 5.74. The van der Waals surface area contributed by atoms with Crippen molar-refractivity contribution in [2.24, 2.45) is 4.99 Å². The molecule has 174 valence electrons. The molecule has 0 bridgehead atoms. The van der Waals surface area contributed by atoms with Gasteiger partial charge in [0, 0.05) is 41.2 Å². The maximum atomic E-state index is 12.3. The number of hydrogen-bond acceptors (Lipinski definition) is 5. The van der Waals surface area contributed by atoms with Crippen LogP contribution in [0.5, 0.6) is 11.5 Å². The molecule has 1 aliphatic heterocycles. The molecular formula is C27H27N3O4. The first kappa shape index (κ1) is 23.0. The molecule has 3 aromatic rings. The fraction of sp³-hybridized carbons (Fsp3) is 0.222. The molecule has 2 amide bonds. The normalized spacial score (nSPS) is 12.3. The van der Waals surface area contributed by atoms with E-state index in [0.717, 1.165) is 35.6 Å². The zero-order valence-electron chi connectivity index (χ0n) is 19.5. The zero-order valence-corrected chi connectivity index (χ0v) is 19.5. The van der Waals surface area contributed by atoms with Crippen molar-refractivity contribution in [2.75, 3.05) is 31.4 Å². The van der Waals surface area contributed by atoms with Crippen LogP contribution in [0.4, 0.5) is 16.2 Å². The van der Waals surface area contributed by atoms with Gasteiger partial charge >= 0.3 is 6.03 Å². The Hall–Kier alpha value is -4.13. The second-order valence-electron chi connectivity index (χ2n) is 8.03. The highest BCUT2D eigenvalue weighted by molar-refractivity contribution is 6.04. The van der Waals surface area contributed by atoms with Crippen molar-refractivity contribution in [1.82, 2.24) is 0 Å². The Morgan fingerprint density at radius 1 is 0.882 bits per heavy atom. The van der Waals surface area contributed by atoms with E-state index in [4.69, 9.17) is 14.5 Å². The third-order valence-electron chi connectivity index (χ3n) is 5.74. The molecule has 0 aliphatic carbocycles. The number of rotatable bonds is 7. The highest BCUT2D eigenvalue weighted by Crippen LogP contribution is 2.33. The second-order valence-corrected chi connectivity index (χ2v) is 8.03. The summed E-state index contributed by atoms with van der Waals surface area (Å²) in [6.07, 6.45) is 1.55. The fourth-order valence-corrected chi connectivity index (χ4v) is 3.93. The summed E-state index contributed by atoms with van der Waals surface area (Å²) >= 11 is 0. The number of nitrogens with zero attached hydrogens (tertiary/aromatic N) is 1. The average Bonchev–Trinajstić information content (AvgIpc) is 2.84. The van der Waals surface area contributed by atoms with Crippen molar-refractivity contribution in [3.8, 4) is 11.5 Å². The molecule has 7 heteroatoms. The van der Waals surface area contributed by atoms with Crippen LogP contribution in [0.3, 0.4) is 0 Å². The molecule has 0 atom stereocenters. The maximum Gasteiger partial charge on any atom is 0.323 e. The number of ether oxygens (including phenoxy) is 2. The molecule has 0 saturated carbocycles. The summed E-state index contributed by atoms with van der Waals surface area (Å²) in [6.45, 7) is 2.25. The lowest BCUT2D eigenvalue weighted by atomic mass is 9.93. The Labute approximate surface area is 198 Å². The Morgan fingerprint density at radius 2 is 1.47 bits per heavy atom. The summed E-state index contributed by atoms with van der Waals surface area (Å²) in [7, 11) is 3.27. The third kappa shape index (κ3) is 5.26. The minimum Gasteiger partial charge on any atom is -0.493 e. The van der Waals surface area contributed by atoms with Gasteiger partial charge in [0.25, 0.3) is 0 Å². The monoisotopic (exact) mass is 457 g/mol. The lowest BCUT2D eigenvalue weighted by Crippen LogP contribution is -2.19. The van der Waals surface area contributed by atoms with Crippen LogP contribution in [0.1, 0.15) is 34.0 Å². The van der Waals surface area contributed by atoms with E-state index >= 15 is 0 Å². The lowest BCUT2D eigenvalue weighted by Gasteiger charge is -2.20. The Bertz CT molecular complexity index is 1230. The predicted octanol–water partition coefficient (Wildman–Crippen LogP) is 5.14. The molecule has 0 aromatic heterocycles. The van der Waals surface area contributed by atoms with E-state index in [1.165, 1.54) is 12.5 Å². The molecule has 1 heterocycles. The van der Waals surface area contributed by atoms with Crippen LogP contribution in [0, 0.1) is 0 Å². The molecular weight excluding hydrogens is 430 g/mol. The van der Waals surface area contributed by atoms with Crippen LogP contribution in [-0.2, 0) is 12.8 Å². The highest BCUT2D eigenvalue weighted by atomic mass is 16.5. The molecule has 34 heavy (non-hydrogen) atoms. The number of fused-ring (bicyclic) bond motifs is 1. The summed E-state index contributed by atoms with van der Waals surface area (Å²) in [5, 5.41) is 5.59. The van der Waals surface area contributed by atoms with E-state index in [-0.39, 0.29) is 11.8 Å². The first-order valence-electron chi connectivity index (χ1n) is 11.0. The number of aliphatic imine (C=N–C) groups is 1. The van der Waals surface area contributed by atoms with E-state index < -0.39 is 0 Å². The molecule has 1 aliphatic rings. The second kappa shape index (κ2) is 10.2. The van der Waals surface area contributed by atoms with E-state index in [9.17, 15) is 9.59 Å². The predicted molar refractivity (Wildman–Crippen MR) is 134 cm³/mol. The minimum absolute atomic E-state index is 0.0161. The quantitative estimate of drug-likeness (QED) is 0.481. The van der Waals surface area contributed by atoms with Gasteiger partial charge in [-0.25, -0.2) is 4.79 Å². The maximum absolute atomic E-state index is 12.3. The molecule has 0 spiro atoms. The Morgan fingerprint density at radius 3 is 2.06 bits per heavy atom. The van der Waals surface area contributed by atoms with Crippen molar-refractivity contribution in [2.45, 2.75) is 19.8 Å². The number of urea groups is 1. The van der Waals surface area contributed by atoms with Crippen molar-refractivity contribution in [3.05, 3.63) is 82.9 Å². The van der Waals surface area contributed by atoms with E-state index in [0.29, 0.717) is 29.1 Å². The van der Waals surface area contributed by atoms with Crippen molar-refractivity contribution in [1.29, 1.82) is 0 Å². The van der Waals surface area contributed by atoms with Gasteiger partial charge in [-0.05, 0) is 73.0 Å². The van der Waals surface area contributed by atoms with Gasteiger partial charge in [0.2, 0.25) is 0 Å². The standard InChI is InChI=1S/C27H27N3O4/c1-17(31)19-6-10-22(11-7-19)30-27(32)29-21-8-4-18(5-9-21)14-24-23-16-26(34-3)25(33-2)15-20(23)12-13-28-24/h4-11,15-16H,12-14H2,1-3H3,(H2,29,30,32). The molecule has 0 radical (unpaired) electrons. The summed E-state index contributed by atoms with van der Waals surface area (Å²) < 4.78 is 10.9. The largest absolute Gasteiger partial charge is 0.493 e. The van der Waals surface area contributed by atoms with Gasteiger partial charge in [-0.2, -0.15) is 0 Å². The highest BCUT2D eigenvalue weighted by Gasteiger charge is 2.18. The molecule has 7 nitrogen and oxygen atoms in total. The van der Waals surface area contributed by atoms with Gasteiger partial charge in [-0.15, -0.1) is 0 Å². The van der Waals surface area contributed by atoms with Crippen molar-refractivity contribution >= 4 is 28.9 Å². The van der Waals surface area contributed by atoms with Gasteiger partial charge in [-0.3, -0.25) is 9.79 Å². The molecule has 3 aromatic carbocycles. The fourth-order valence-electron chi connectivity index (χ4n) is 3.93.